The summed E-state index contributed by atoms with van der Waals surface area (Å²) in [5.41, 5.74) is 3.23. The fourth-order valence-electron chi connectivity index (χ4n) is 3.67. The molecule has 174 valence electrons. The van der Waals surface area contributed by atoms with Crippen LogP contribution >= 0.6 is 0 Å². The van der Waals surface area contributed by atoms with Crippen LogP contribution in [-0.4, -0.2) is 47.9 Å². The van der Waals surface area contributed by atoms with Gasteiger partial charge in [-0.15, -0.1) is 0 Å². The molecule has 0 bridgehead atoms. The predicted octanol–water partition coefficient (Wildman–Crippen LogP) is 3.43. The van der Waals surface area contributed by atoms with Crippen molar-refractivity contribution in [1.29, 1.82) is 0 Å². The van der Waals surface area contributed by atoms with Crippen molar-refractivity contribution < 1.29 is 36.3 Å². The molecule has 3 rings (SSSR count). The van der Waals surface area contributed by atoms with Crippen molar-refractivity contribution in [1.82, 2.24) is 15.2 Å². The van der Waals surface area contributed by atoms with E-state index in [2.05, 4.69) is 15.0 Å². The molecule has 1 saturated heterocycles. The summed E-state index contributed by atoms with van der Waals surface area (Å²) in [5.74, 6) is -1.54. The van der Waals surface area contributed by atoms with Gasteiger partial charge < -0.3 is 20.7 Å². The molecule has 0 aliphatic carbocycles. The lowest BCUT2D eigenvalue weighted by atomic mass is 9.98. The Hall–Kier alpha value is -3.18. The third kappa shape index (κ3) is 5.35. The van der Waals surface area contributed by atoms with Gasteiger partial charge in [0.05, 0.1) is 11.1 Å². The van der Waals surface area contributed by atoms with E-state index in [9.17, 15) is 31.5 Å². The summed E-state index contributed by atoms with van der Waals surface area (Å²) in [7, 11) is 0. The molecule has 1 aromatic carbocycles. The summed E-state index contributed by atoms with van der Waals surface area (Å²) in [6.07, 6.45) is -3.39. The molecule has 32 heavy (non-hydrogen) atoms. The number of pyridine rings is 1. The Bertz CT molecular complexity index is 1030. The summed E-state index contributed by atoms with van der Waals surface area (Å²) in [6.45, 7) is -0.561. The Morgan fingerprint density at radius 3 is 2.66 bits per heavy atom. The minimum absolute atomic E-state index is 0.00538. The fraction of sp³-hybridized carbons (Fsp3) is 0.450. The number of alkyl halides is 5. The Labute approximate surface area is 179 Å². The topological polar surface area (TPSA) is 97.6 Å². The van der Waals surface area contributed by atoms with Crippen LogP contribution in [0.4, 0.5) is 27.6 Å². The highest BCUT2D eigenvalue weighted by Crippen LogP contribution is 2.39. The lowest BCUT2D eigenvalue weighted by Crippen LogP contribution is -2.42. The number of aromatic nitrogens is 1. The first kappa shape index (κ1) is 23.5. The number of nitrogen functional groups attached to an aromatic ring is 1. The van der Waals surface area contributed by atoms with Crippen LogP contribution in [0.2, 0.25) is 0 Å². The molecule has 0 saturated carbocycles. The molecule has 0 radical (unpaired) electrons. The zero-order valence-corrected chi connectivity index (χ0v) is 17.0. The number of carbonyl (C=O) groups is 2. The van der Waals surface area contributed by atoms with Gasteiger partial charge in [-0.3, -0.25) is 9.59 Å². The number of halogens is 5. The van der Waals surface area contributed by atoms with Crippen molar-refractivity contribution >= 4 is 28.4 Å². The number of hydrogen-bond acceptors (Lipinski definition) is 5. The van der Waals surface area contributed by atoms with Gasteiger partial charge in [-0.2, -0.15) is 22.0 Å². The van der Waals surface area contributed by atoms with Crippen molar-refractivity contribution in [2.75, 3.05) is 25.4 Å². The minimum atomic E-state index is -4.95. The molecule has 3 N–H and O–H groups in total. The molecule has 1 aromatic heterocycles. The van der Waals surface area contributed by atoms with Gasteiger partial charge in [0.2, 0.25) is 5.91 Å². The van der Waals surface area contributed by atoms with Crippen LogP contribution in [0.3, 0.4) is 0 Å². The fourth-order valence-corrected chi connectivity index (χ4v) is 3.67. The van der Waals surface area contributed by atoms with E-state index in [-0.39, 0.29) is 35.1 Å². The average molecular weight is 460 g/mol. The molecule has 1 aliphatic heterocycles. The largest absolute Gasteiger partial charge is 0.435 e. The molecular weight excluding hydrogens is 439 g/mol. The third-order valence-corrected chi connectivity index (χ3v) is 5.20. The van der Waals surface area contributed by atoms with Gasteiger partial charge in [0.15, 0.2) is 0 Å². The molecule has 7 nitrogen and oxygen atoms in total. The van der Waals surface area contributed by atoms with Gasteiger partial charge in [0, 0.05) is 37.6 Å². The highest BCUT2D eigenvalue weighted by atomic mass is 19.4. The van der Waals surface area contributed by atoms with Gasteiger partial charge in [0.25, 0.3) is 5.91 Å². The second kappa shape index (κ2) is 9.13. The van der Waals surface area contributed by atoms with Crippen LogP contribution in [-0.2, 0) is 11.0 Å². The molecular formula is C20H21F5N4O3. The van der Waals surface area contributed by atoms with Gasteiger partial charge in [-0.1, -0.05) is 0 Å². The number of carbonyl (C=O) groups excluding carboxylic acids is 2. The molecule has 12 heteroatoms. The zero-order valence-electron chi connectivity index (χ0n) is 17.0. The Balaban J connectivity index is 1.87. The second-order valence-electron chi connectivity index (χ2n) is 7.52. The maximum atomic E-state index is 13.5. The number of ether oxygens (including phenoxy) is 1. The van der Waals surface area contributed by atoms with Gasteiger partial charge in [0.1, 0.15) is 11.4 Å². The lowest BCUT2D eigenvalue weighted by Gasteiger charge is -2.32. The standard InChI is InChI=1S/C20H21F5N4O3/c1-10(30)29-4-2-3-11(9-29)8-27-18(31)16-7-15(26)13-5-12(32-19(21)22)6-14(17(13)28-16)20(23,24)25/h5-7,11,19H,2-4,8-9H2,1H3,(H2,26,28)(H,27,31). The smallest absolute Gasteiger partial charge is 0.418 e. The first-order valence-corrected chi connectivity index (χ1v) is 9.75. The van der Waals surface area contributed by atoms with E-state index < -0.39 is 35.5 Å². The van der Waals surface area contributed by atoms with E-state index >= 15 is 0 Å². The van der Waals surface area contributed by atoms with Crippen LogP contribution < -0.4 is 15.8 Å². The van der Waals surface area contributed by atoms with Crippen LogP contribution in [0.1, 0.15) is 35.8 Å². The van der Waals surface area contributed by atoms with Crippen LogP contribution in [0.15, 0.2) is 18.2 Å². The van der Waals surface area contributed by atoms with Crippen molar-refractivity contribution in [2.24, 2.45) is 5.92 Å². The Morgan fingerprint density at radius 2 is 2.03 bits per heavy atom. The van der Waals surface area contributed by atoms with Crippen molar-refractivity contribution in [3.05, 3.63) is 29.5 Å². The SMILES string of the molecule is CC(=O)N1CCCC(CNC(=O)c2cc(N)c3cc(OC(F)F)cc(C(F)(F)F)c3n2)C1. The number of benzene rings is 1. The number of nitrogens with one attached hydrogen (secondary N) is 1. The summed E-state index contributed by atoms with van der Waals surface area (Å²) < 4.78 is 69.7. The molecule has 1 aliphatic rings. The number of nitrogens with two attached hydrogens (primary N) is 1. The molecule has 1 atom stereocenters. The average Bonchev–Trinajstić information content (AvgIpc) is 2.70. The number of likely N-dealkylation sites (tertiary alicyclic amines) is 1. The van der Waals surface area contributed by atoms with Crippen molar-refractivity contribution in [3.63, 3.8) is 0 Å². The maximum Gasteiger partial charge on any atom is 0.418 e. The quantitative estimate of drug-likeness (QED) is 0.667. The Kier molecular flexibility index (Phi) is 6.70. The zero-order chi connectivity index (χ0) is 23.6. The second-order valence-corrected chi connectivity index (χ2v) is 7.52. The summed E-state index contributed by atoms with van der Waals surface area (Å²) in [6, 6.07) is 2.38. The molecule has 1 fully saturated rings. The monoisotopic (exact) mass is 460 g/mol. The molecule has 2 amide bonds. The highest BCUT2D eigenvalue weighted by Gasteiger charge is 2.35. The molecule has 0 spiro atoms. The first-order chi connectivity index (χ1) is 15.0. The number of nitrogens with zero attached hydrogens (tertiary/aromatic N) is 2. The summed E-state index contributed by atoms with van der Waals surface area (Å²) in [4.78, 5) is 29.6. The predicted molar refractivity (Wildman–Crippen MR) is 105 cm³/mol. The number of rotatable bonds is 5. The minimum Gasteiger partial charge on any atom is -0.435 e. The summed E-state index contributed by atoms with van der Waals surface area (Å²) in [5, 5.41) is 2.35. The van der Waals surface area contributed by atoms with E-state index in [4.69, 9.17) is 5.73 Å². The van der Waals surface area contributed by atoms with E-state index in [1.165, 1.54) is 6.92 Å². The summed E-state index contributed by atoms with van der Waals surface area (Å²) >= 11 is 0. The maximum absolute atomic E-state index is 13.5. The molecule has 2 aromatic rings. The number of hydrogen-bond donors (Lipinski definition) is 2. The van der Waals surface area contributed by atoms with Crippen LogP contribution in [0.25, 0.3) is 10.9 Å². The molecule has 2 heterocycles. The van der Waals surface area contributed by atoms with Gasteiger partial charge in [-0.25, -0.2) is 4.98 Å². The number of fused-ring (bicyclic) bond motifs is 1. The van der Waals surface area contributed by atoms with E-state index in [0.29, 0.717) is 19.2 Å². The third-order valence-electron chi connectivity index (χ3n) is 5.20. The number of anilines is 1. The first-order valence-electron chi connectivity index (χ1n) is 9.75. The lowest BCUT2D eigenvalue weighted by molar-refractivity contribution is -0.136. The van der Waals surface area contributed by atoms with Crippen LogP contribution in [0, 0.1) is 5.92 Å². The van der Waals surface area contributed by atoms with Gasteiger partial charge >= 0.3 is 12.8 Å². The normalized spacial score (nSPS) is 17.0. The van der Waals surface area contributed by atoms with E-state index in [1.807, 2.05) is 0 Å². The number of amides is 2. The van der Waals surface area contributed by atoms with Crippen molar-refractivity contribution in [2.45, 2.75) is 32.6 Å². The number of piperidine rings is 1. The van der Waals surface area contributed by atoms with Crippen molar-refractivity contribution in [3.8, 4) is 5.75 Å². The molecule has 1 unspecified atom stereocenters. The Morgan fingerprint density at radius 1 is 1.31 bits per heavy atom. The van der Waals surface area contributed by atoms with Gasteiger partial charge in [-0.05, 0) is 37.0 Å². The van der Waals surface area contributed by atoms with Crippen LogP contribution in [0.5, 0.6) is 5.75 Å². The van der Waals surface area contributed by atoms with E-state index in [1.54, 1.807) is 4.90 Å². The van der Waals surface area contributed by atoms with E-state index in [0.717, 1.165) is 25.0 Å². The highest BCUT2D eigenvalue weighted by molar-refractivity contribution is 6.00.